The lowest BCUT2D eigenvalue weighted by Crippen LogP contribution is -2.28. The summed E-state index contributed by atoms with van der Waals surface area (Å²) < 4.78 is 1.19. The van der Waals surface area contributed by atoms with Crippen LogP contribution < -0.4 is 5.32 Å². The van der Waals surface area contributed by atoms with Gasteiger partial charge in [0.1, 0.15) is 0 Å². The third kappa shape index (κ3) is 4.29. The second-order valence-corrected chi connectivity index (χ2v) is 7.50. The van der Waals surface area contributed by atoms with Crippen molar-refractivity contribution in [3.05, 3.63) is 20.3 Å². The molecule has 0 spiro atoms. The van der Waals surface area contributed by atoms with Crippen LogP contribution in [0.3, 0.4) is 0 Å². The van der Waals surface area contributed by atoms with E-state index >= 15 is 0 Å². The molecule has 106 valence electrons. The highest BCUT2D eigenvalue weighted by molar-refractivity contribution is 9.10. The number of thiophene rings is 1. The van der Waals surface area contributed by atoms with E-state index in [4.69, 9.17) is 5.11 Å². The molecule has 0 aliphatic heterocycles. The largest absolute Gasteiger partial charge is 0.481 e. The van der Waals surface area contributed by atoms with Crippen LogP contribution in [0.15, 0.2) is 10.5 Å². The Morgan fingerprint density at radius 3 is 2.68 bits per heavy atom. The van der Waals surface area contributed by atoms with Gasteiger partial charge in [-0.15, -0.1) is 11.3 Å². The molecule has 2 rings (SSSR count). The van der Waals surface area contributed by atoms with Gasteiger partial charge in [0.05, 0.1) is 5.92 Å². The number of carboxylic acid groups (broad SMARTS) is 1. The van der Waals surface area contributed by atoms with Crippen LogP contribution in [0.4, 0.5) is 0 Å². The summed E-state index contributed by atoms with van der Waals surface area (Å²) in [6.45, 7) is 4.03. The summed E-state index contributed by atoms with van der Waals surface area (Å²) in [7, 11) is 0. The molecular weight excluding hydrogens is 326 g/mol. The van der Waals surface area contributed by atoms with Crippen molar-refractivity contribution in [2.45, 2.75) is 39.2 Å². The lowest BCUT2D eigenvalue weighted by Gasteiger charge is -2.26. The van der Waals surface area contributed by atoms with Gasteiger partial charge in [0.2, 0.25) is 0 Å². The molecule has 19 heavy (non-hydrogen) atoms. The van der Waals surface area contributed by atoms with E-state index in [9.17, 15) is 4.79 Å². The van der Waals surface area contributed by atoms with E-state index in [0.717, 1.165) is 38.8 Å². The van der Waals surface area contributed by atoms with Crippen molar-refractivity contribution in [2.75, 3.05) is 6.54 Å². The summed E-state index contributed by atoms with van der Waals surface area (Å²) in [6, 6.07) is 2.17. The Labute approximate surface area is 126 Å². The van der Waals surface area contributed by atoms with Gasteiger partial charge in [0.25, 0.3) is 0 Å². The van der Waals surface area contributed by atoms with Crippen molar-refractivity contribution in [3.8, 4) is 0 Å². The van der Waals surface area contributed by atoms with Crippen LogP contribution in [-0.4, -0.2) is 17.6 Å². The monoisotopic (exact) mass is 345 g/mol. The molecule has 1 aliphatic carbocycles. The maximum atomic E-state index is 10.9. The van der Waals surface area contributed by atoms with Gasteiger partial charge in [-0.3, -0.25) is 4.79 Å². The standard InChI is InChI=1S/C14H20BrNO2S/c1-9-13(15)6-12(19-9)8-16-7-10-2-4-11(5-3-10)14(17)18/h6,10-11,16H,2-5,7-8H2,1H3,(H,17,18). The number of carboxylic acids is 1. The molecule has 1 aromatic rings. The SMILES string of the molecule is Cc1sc(CNCC2CCC(C(=O)O)CC2)cc1Br. The second-order valence-electron chi connectivity index (χ2n) is 5.30. The number of halogens is 1. The average molecular weight is 346 g/mol. The van der Waals surface area contributed by atoms with E-state index in [2.05, 4.69) is 34.2 Å². The number of aryl methyl sites for hydroxylation is 1. The summed E-state index contributed by atoms with van der Waals surface area (Å²) in [5.41, 5.74) is 0. The van der Waals surface area contributed by atoms with Gasteiger partial charge >= 0.3 is 5.97 Å². The lowest BCUT2D eigenvalue weighted by molar-refractivity contribution is -0.143. The van der Waals surface area contributed by atoms with Crippen LogP contribution >= 0.6 is 27.3 Å². The van der Waals surface area contributed by atoms with E-state index in [1.54, 1.807) is 0 Å². The molecule has 1 aromatic heterocycles. The van der Waals surface area contributed by atoms with Gasteiger partial charge in [0, 0.05) is 20.8 Å². The topological polar surface area (TPSA) is 49.3 Å². The Morgan fingerprint density at radius 2 is 2.16 bits per heavy atom. The third-order valence-electron chi connectivity index (χ3n) is 3.84. The maximum Gasteiger partial charge on any atom is 0.306 e. The molecule has 5 heteroatoms. The number of aliphatic carboxylic acids is 1. The Hall–Kier alpha value is -0.390. The zero-order chi connectivity index (χ0) is 13.8. The van der Waals surface area contributed by atoms with E-state index in [0.29, 0.717) is 5.92 Å². The van der Waals surface area contributed by atoms with Crippen molar-refractivity contribution < 1.29 is 9.90 Å². The molecule has 0 unspecified atom stereocenters. The predicted molar refractivity (Wildman–Crippen MR) is 81.5 cm³/mol. The highest BCUT2D eigenvalue weighted by atomic mass is 79.9. The van der Waals surface area contributed by atoms with Crippen molar-refractivity contribution in [2.24, 2.45) is 11.8 Å². The van der Waals surface area contributed by atoms with Crippen LogP contribution in [0, 0.1) is 18.8 Å². The minimum atomic E-state index is -0.620. The molecule has 1 saturated carbocycles. The summed E-state index contributed by atoms with van der Waals surface area (Å²) in [5, 5.41) is 12.5. The molecule has 1 heterocycles. The zero-order valence-electron chi connectivity index (χ0n) is 11.1. The highest BCUT2D eigenvalue weighted by Crippen LogP contribution is 2.29. The molecular formula is C14H20BrNO2S. The molecule has 1 fully saturated rings. The molecule has 0 atom stereocenters. The van der Waals surface area contributed by atoms with Crippen LogP contribution in [0.25, 0.3) is 0 Å². The Kier molecular flexibility index (Phi) is 5.42. The van der Waals surface area contributed by atoms with Gasteiger partial charge in [-0.05, 0) is 67.1 Å². The highest BCUT2D eigenvalue weighted by Gasteiger charge is 2.25. The molecule has 0 radical (unpaired) electrons. The summed E-state index contributed by atoms with van der Waals surface area (Å²) in [5.74, 6) is -0.0856. The first kappa shape index (κ1) is 15.0. The number of hydrogen-bond donors (Lipinski definition) is 2. The first-order valence-corrected chi connectivity index (χ1v) is 8.35. The van der Waals surface area contributed by atoms with Gasteiger partial charge in [-0.2, -0.15) is 0 Å². The number of rotatable bonds is 5. The quantitative estimate of drug-likeness (QED) is 0.853. The first-order chi connectivity index (χ1) is 9.06. The normalized spacial score (nSPS) is 23.5. The van der Waals surface area contributed by atoms with Gasteiger partial charge in [-0.25, -0.2) is 0 Å². The summed E-state index contributed by atoms with van der Waals surface area (Å²) >= 11 is 5.35. The fourth-order valence-corrected chi connectivity index (χ4v) is 4.19. The third-order valence-corrected chi connectivity index (χ3v) is 5.97. The number of hydrogen-bond acceptors (Lipinski definition) is 3. The van der Waals surface area contributed by atoms with Crippen molar-refractivity contribution in [1.29, 1.82) is 0 Å². The summed E-state index contributed by atoms with van der Waals surface area (Å²) in [4.78, 5) is 13.5. The van der Waals surface area contributed by atoms with Crippen LogP contribution in [-0.2, 0) is 11.3 Å². The molecule has 3 nitrogen and oxygen atoms in total. The number of carbonyl (C=O) groups is 1. The summed E-state index contributed by atoms with van der Waals surface area (Å²) in [6.07, 6.45) is 3.75. The fraction of sp³-hybridized carbons (Fsp3) is 0.643. The van der Waals surface area contributed by atoms with E-state index in [1.807, 2.05) is 11.3 Å². The smallest absolute Gasteiger partial charge is 0.306 e. The molecule has 0 amide bonds. The Morgan fingerprint density at radius 1 is 1.47 bits per heavy atom. The van der Waals surface area contributed by atoms with E-state index in [-0.39, 0.29) is 5.92 Å². The van der Waals surface area contributed by atoms with E-state index in [1.165, 1.54) is 14.2 Å². The molecule has 2 N–H and O–H groups in total. The zero-order valence-corrected chi connectivity index (χ0v) is 13.5. The average Bonchev–Trinajstić information content (AvgIpc) is 2.69. The minimum absolute atomic E-state index is 0.104. The Balaban J connectivity index is 1.68. The molecule has 0 saturated heterocycles. The number of nitrogens with one attached hydrogen (secondary N) is 1. The molecule has 0 bridgehead atoms. The van der Waals surface area contributed by atoms with Crippen LogP contribution in [0.1, 0.15) is 35.4 Å². The van der Waals surface area contributed by atoms with Crippen molar-refractivity contribution >= 4 is 33.2 Å². The minimum Gasteiger partial charge on any atom is -0.481 e. The van der Waals surface area contributed by atoms with Gasteiger partial charge in [0.15, 0.2) is 0 Å². The van der Waals surface area contributed by atoms with Gasteiger partial charge < -0.3 is 10.4 Å². The fourth-order valence-electron chi connectivity index (χ4n) is 2.62. The van der Waals surface area contributed by atoms with Crippen LogP contribution in [0.5, 0.6) is 0 Å². The first-order valence-electron chi connectivity index (χ1n) is 6.74. The van der Waals surface area contributed by atoms with Crippen LogP contribution in [0.2, 0.25) is 0 Å². The van der Waals surface area contributed by atoms with Gasteiger partial charge in [-0.1, -0.05) is 0 Å². The molecule has 1 aliphatic rings. The van der Waals surface area contributed by atoms with Crippen molar-refractivity contribution in [1.82, 2.24) is 5.32 Å². The predicted octanol–water partition coefficient (Wildman–Crippen LogP) is 3.80. The lowest BCUT2D eigenvalue weighted by atomic mass is 9.82. The van der Waals surface area contributed by atoms with E-state index < -0.39 is 5.97 Å². The second kappa shape index (κ2) is 6.86. The maximum absolute atomic E-state index is 10.9. The van der Waals surface area contributed by atoms with Crippen molar-refractivity contribution in [3.63, 3.8) is 0 Å². The molecule has 0 aromatic carbocycles. The Bertz CT molecular complexity index is 419.